The highest BCUT2D eigenvalue weighted by Gasteiger charge is 2.14. The number of ether oxygens (including phenoxy) is 6. The summed E-state index contributed by atoms with van der Waals surface area (Å²) in [5, 5.41) is 0. The fourth-order valence-corrected chi connectivity index (χ4v) is 4.46. The largest absolute Gasteiger partial charge is 0.494 e. The fraction of sp³-hybridized carbons (Fsp3) is 0.395. The first-order valence-corrected chi connectivity index (χ1v) is 18.4. The molecule has 3 aromatic carbocycles. The van der Waals surface area contributed by atoms with Crippen molar-refractivity contribution in [1.29, 1.82) is 0 Å². The van der Waals surface area contributed by atoms with Crippen LogP contribution in [0.25, 0.3) is 0 Å². The number of hydrogen-bond acceptors (Lipinski definition) is 10. The Balaban J connectivity index is 0.00000339. The first-order valence-electron chi connectivity index (χ1n) is 18.4. The van der Waals surface area contributed by atoms with Crippen LogP contribution in [0.5, 0.6) is 23.0 Å². The van der Waals surface area contributed by atoms with Crippen LogP contribution in [0.2, 0.25) is 0 Å². The normalized spacial score (nSPS) is 9.83. The van der Waals surface area contributed by atoms with Crippen LogP contribution < -0.4 is 18.9 Å². The van der Waals surface area contributed by atoms with Crippen LogP contribution >= 0.6 is 0 Å². The summed E-state index contributed by atoms with van der Waals surface area (Å²) in [6.07, 6.45) is 9.33. The second kappa shape index (κ2) is 28.2. The number of rotatable bonds is 22. The lowest BCUT2D eigenvalue weighted by atomic mass is 10.2. The van der Waals surface area contributed by atoms with Crippen molar-refractivity contribution in [2.24, 2.45) is 0 Å². The van der Waals surface area contributed by atoms with Crippen molar-refractivity contribution in [3.05, 3.63) is 109 Å². The highest BCUT2D eigenvalue weighted by Crippen LogP contribution is 2.26. The summed E-state index contributed by atoms with van der Waals surface area (Å²) in [5.41, 5.74) is 1.36. The van der Waals surface area contributed by atoms with Crippen molar-refractivity contribution >= 4 is 23.9 Å². The highest BCUT2D eigenvalue weighted by molar-refractivity contribution is 5.92. The number of hydrogen-bond donors (Lipinski definition) is 0. The van der Waals surface area contributed by atoms with Gasteiger partial charge in [0.2, 0.25) is 0 Å². The van der Waals surface area contributed by atoms with Crippen molar-refractivity contribution in [3.8, 4) is 23.0 Å². The molecule has 0 aromatic heterocycles. The van der Waals surface area contributed by atoms with Gasteiger partial charge in [0, 0.05) is 12.2 Å². The van der Waals surface area contributed by atoms with E-state index in [4.69, 9.17) is 28.4 Å². The van der Waals surface area contributed by atoms with E-state index >= 15 is 0 Å². The van der Waals surface area contributed by atoms with Crippen LogP contribution in [0.3, 0.4) is 0 Å². The van der Waals surface area contributed by atoms with E-state index in [1.807, 2.05) is 27.7 Å². The molecule has 0 unspecified atom stereocenters. The van der Waals surface area contributed by atoms with E-state index in [9.17, 15) is 19.2 Å². The summed E-state index contributed by atoms with van der Waals surface area (Å²) >= 11 is 0. The number of carbonyl (C=O) groups is 4. The zero-order valence-electron chi connectivity index (χ0n) is 32.0. The van der Waals surface area contributed by atoms with Gasteiger partial charge in [-0.1, -0.05) is 40.9 Å². The Labute approximate surface area is 315 Å². The third kappa shape index (κ3) is 19.1. The van der Waals surface area contributed by atoms with Gasteiger partial charge < -0.3 is 28.4 Å². The van der Waals surface area contributed by atoms with Gasteiger partial charge in [-0.05, 0) is 131 Å². The molecule has 10 heteroatoms. The molecule has 0 aliphatic heterocycles. The zero-order chi connectivity index (χ0) is 39.3. The summed E-state index contributed by atoms with van der Waals surface area (Å²) in [6, 6.07) is 18.2. The van der Waals surface area contributed by atoms with Crippen LogP contribution in [-0.2, 0) is 19.1 Å². The molecule has 3 rings (SSSR count). The minimum Gasteiger partial charge on any atom is -0.494 e. The minimum absolute atomic E-state index is 0.319. The molecule has 0 heterocycles. The Morgan fingerprint density at radius 2 is 0.887 bits per heavy atom. The minimum atomic E-state index is -0.526. The maximum Gasteiger partial charge on any atom is 0.343 e. The smallest absolute Gasteiger partial charge is 0.343 e. The summed E-state index contributed by atoms with van der Waals surface area (Å²) in [7, 11) is 0. The molecular weight excluding hydrogens is 676 g/mol. The van der Waals surface area contributed by atoms with E-state index in [2.05, 4.69) is 13.2 Å². The van der Waals surface area contributed by atoms with Crippen LogP contribution in [-0.4, -0.2) is 50.3 Å². The summed E-state index contributed by atoms with van der Waals surface area (Å²) in [4.78, 5) is 47.5. The predicted octanol–water partition coefficient (Wildman–Crippen LogP) is 9.82. The molecule has 0 aliphatic carbocycles. The van der Waals surface area contributed by atoms with E-state index in [-0.39, 0.29) is 0 Å². The third-order valence-corrected chi connectivity index (χ3v) is 7.18. The van der Waals surface area contributed by atoms with Crippen LogP contribution in [0.4, 0.5) is 0 Å². The third-order valence-electron chi connectivity index (χ3n) is 7.18. The van der Waals surface area contributed by atoms with Gasteiger partial charge in [0.1, 0.15) is 23.0 Å². The van der Waals surface area contributed by atoms with Crippen molar-refractivity contribution in [3.63, 3.8) is 0 Å². The first kappa shape index (κ1) is 45.6. The standard InChI is InChI=1S/C39H44O10.2C2H6/c1-4-36(40)46-26-12-8-6-10-24-44-32-18-14-30(15-19-32)38(42)48-34-22-23-35(29(3)28-34)49-39(43)31-16-20-33(21-17-31)45-25-11-7-9-13-27-47-37(41)5-2;2*1-2/h4-5,14-23,28H,1-2,6-13,24-27H2,3H3;2*1-2H3. The molecule has 0 aliphatic rings. The lowest BCUT2D eigenvalue weighted by molar-refractivity contribution is -0.138. The summed E-state index contributed by atoms with van der Waals surface area (Å²) < 4.78 is 32.5. The molecule has 0 atom stereocenters. The van der Waals surface area contributed by atoms with Gasteiger partial charge in [0.25, 0.3) is 0 Å². The van der Waals surface area contributed by atoms with Crippen molar-refractivity contribution in [2.45, 2.75) is 86.0 Å². The van der Waals surface area contributed by atoms with Gasteiger partial charge in [-0.2, -0.15) is 0 Å². The van der Waals surface area contributed by atoms with Gasteiger partial charge in [-0.25, -0.2) is 19.2 Å². The average molecular weight is 733 g/mol. The van der Waals surface area contributed by atoms with Crippen LogP contribution in [0, 0.1) is 6.92 Å². The second-order valence-corrected chi connectivity index (χ2v) is 11.0. The van der Waals surface area contributed by atoms with Gasteiger partial charge in [0.05, 0.1) is 37.6 Å². The van der Waals surface area contributed by atoms with E-state index in [1.165, 1.54) is 0 Å². The lowest BCUT2D eigenvalue weighted by Crippen LogP contribution is -2.10. The monoisotopic (exact) mass is 732 g/mol. The molecule has 0 saturated carbocycles. The average Bonchev–Trinajstić information content (AvgIpc) is 3.19. The Kier molecular flexibility index (Phi) is 24.3. The molecule has 3 aromatic rings. The van der Waals surface area contributed by atoms with Crippen LogP contribution in [0.1, 0.15) is 105 Å². The second-order valence-electron chi connectivity index (χ2n) is 11.0. The summed E-state index contributed by atoms with van der Waals surface area (Å²) in [5.74, 6) is 0.103. The van der Waals surface area contributed by atoms with E-state index in [0.717, 1.165) is 63.5 Å². The Bertz CT molecular complexity index is 1530. The van der Waals surface area contributed by atoms with Gasteiger partial charge in [-0.3, -0.25) is 0 Å². The number of esters is 4. The molecule has 288 valence electrons. The van der Waals surface area contributed by atoms with E-state index in [0.29, 0.717) is 66.1 Å². The van der Waals surface area contributed by atoms with Gasteiger partial charge >= 0.3 is 23.9 Å². The van der Waals surface area contributed by atoms with Crippen molar-refractivity contribution in [1.82, 2.24) is 0 Å². The molecule has 0 fully saturated rings. The molecule has 0 N–H and O–H groups in total. The maximum atomic E-state index is 12.8. The molecule has 0 spiro atoms. The number of aryl methyl sites for hydroxylation is 1. The van der Waals surface area contributed by atoms with Crippen LogP contribution in [0.15, 0.2) is 92.0 Å². The van der Waals surface area contributed by atoms with E-state index in [1.54, 1.807) is 73.7 Å². The van der Waals surface area contributed by atoms with Gasteiger partial charge in [0.15, 0.2) is 0 Å². The topological polar surface area (TPSA) is 124 Å². The Morgan fingerprint density at radius 1 is 0.509 bits per heavy atom. The zero-order valence-corrected chi connectivity index (χ0v) is 32.0. The Hall–Kier alpha value is -5.38. The molecule has 10 nitrogen and oxygen atoms in total. The molecular formula is C43H56O10. The number of carbonyl (C=O) groups excluding carboxylic acids is 4. The van der Waals surface area contributed by atoms with Gasteiger partial charge in [-0.15, -0.1) is 0 Å². The van der Waals surface area contributed by atoms with E-state index < -0.39 is 23.9 Å². The molecule has 0 amide bonds. The maximum absolute atomic E-state index is 12.8. The predicted molar refractivity (Wildman–Crippen MR) is 207 cm³/mol. The fourth-order valence-electron chi connectivity index (χ4n) is 4.46. The Morgan fingerprint density at radius 3 is 1.28 bits per heavy atom. The first-order chi connectivity index (χ1) is 25.8. The SMILES string of the molecule is C=CC(=O)OCCCCCCOc1ccc(C(=O)Oc2ccc(OC(=O)c3ccc(OCCCCCCOC(=O)C=C)cc3)c(C)c2)cc1.CC.CC. The molecule has 53 heavy (non-hydrogen) atoms. The quantitative estimate of drug-likeness (QED) is 0.0427. The number of benzene rings is 3. The highest BCUT2D eigenvalue weighted by atomic mass is 16.5. The number of unbranched alkanes of at least 4 members (excludes halogenated alkanes) is 6. The van der Waals surface area contributed by atoms with Crippen molar-refractivity contribution in [2.75, 3.05) is 26.4 Å². The van der Waals surface area contributed by atoms with Crippen molar-refractivity contribution < 1.29 is 47.6 Å². The lowest BCUT2D eigenvalue weighted by Gasteiger charge is -2.11. The summed E-state index contributed by atoms with van der Waals surface area (Å²) in [6.45, 7) is 18.3. The molecule has 0 radical (unpaired) electrons. The molecule has 0 bridgehead atoms. The molecule has 0 saturated heterocycles.